The minimum atomic E-state index is -0.129. The van der Waals surface area contributed by atoms with Crippen molar-refractivity contribution in [2.45, 2.75) is 106 Å². The first-order valence-electron chi connectivity index (χ1n) is 17.7. The van der Waals surface area contributed by atoms with Gasteiger partial charge in [0.2, 0.25) is 11.8 Å². The van der Waals surface area contributed by atoms with E-state index in [4.69, 9.17) is 19.6 Å². The maximum Gasteiger partial charge on any atom is 0.221 e. The minimum Gasteiger partial charge on any atom is -0.457 e. The molecule has 0 atom stereocenters. The highest BCUT2D eigenvalue weighted by atomic mass is 16.5. The van der Waals surface area contributed by atoms with Gasteiger partial charge in [0.25, 0.3) is 0 Å². The van der Waals surface area contributed by atoms with Gasteiger partial charge in [-0.1, -0.05) is 99.6 Å². The van der Waals surface area contributed by atoms with E-state index in [2.05, 4.69) is 135 Å². The highest BCUT2D eigenvalue weighted by Crippen LogP contribution is 2.39. The van der Waals surface area contributed by atoms with Crippen LogP contribution >= 0.6 is 0 Å². The molecule has 0 bridgehead atoms. The molecule has 4 aromatic heterocycles. The summed E-state index contributed by atoms with van der Waals surface area (Å²) in [6.07, 6.45) is 1.81. The first kappa shape index (κ1) is 34.9. The van der Waals surface area contributed by atoms with Gasteiger partial charge in [-0.2, -0.15) is 5.10 Å². The van der Waals surface area contributed by atoms with Gasteiger partial charge in [0.15, 0.2) is 0 Å². The van der Waals surface area contributed by atoms with Gasteiger partial charge in [-0.05, 0) is 71.4 Å². The van der Waals surface area contributed by atoms with Crippen LogP contribution in [0.1, 0.15) is 115 Å². The molecule has 2 aromatic carbocycles. The average Bonchev–Trinajstić information content (AvgIpc) is 3.58. The third-order valence-corrected chi connectivity index (χ3v) is 9.22. The van der Waals surface area contributed by atoms with Crippen molar-refractivity contribution in [3.05, 3.63) is 113 Å². The Hall–Kier alpha value is -4.91. The molecule has 0 radical (unpaired) electrons. The van der Waals surface area contributed by atoms with E-state index >= 15 is 0 Å². The van der Waals surface area contributed by atoms with E-state index in [0.717, 1.165) is 56.4 Å². The quantitative estimate of drug-likeness (QED) is 0.161. The fraction of sp³-hybridized carbons (Fsp3) is 0.372. The summed E-state index contributed by atoms with van der Waals surface area (Å²) in [5, 5.41) is 5.02. The minimum absolute atomic E-state index is 0.0483. The number of imidazole rings is 1. The summed E-state index contributed by atoms with van der Waals surface area (Å²) >= 11 is 0. The average molecular weight is 670 g/mol. The number of pyridine rings is 2. The number of benzene rings is 2. The van der Waals surface area contributed by atoms with Crippen molar-refractivity contribution in [3.63, 3.8) is 0 Å². The van der Waals surface area contributed by atoms with Crippen molar-refractivity contribution in [1.29, 1.82) is 0 Å². The number of aryl methyl sites for hydroxylation is 1. The predicted octanol–water partition coefficient (Wildman–Crippen LogP) is 11.6. The third-order valence-electron chi connectivity index (χ3n) is 9.22. The normalized spacial score (nSPS) is 12.4. The van der Waals surface area contributed by atoms with Gasteiger partial charge in [-0.15, -0.1) is 0 Å². The Kier molecular flexibility index (Phi) is 9.14. The van der Waals surface area contributed by atoms with Gasteiger partial charge in [0.1, 0.15) is 17.1 Å². The lowest BCUT2D eigenvalue weighted by molar-refractivity contribution is 0.422. The van der Waals surface area contributed by atoms with Crippen molar-refractivity contribution in [2.75, 3.05) is 0 Å². The number of hydrogen-bond donors (Lipinski definition) is 0. The molecule has 0 fully saturated rings. The molecular formula is C43H51N5O2. The Balaban J connectivity index is 1.49. The van der Waals surface area contributed by atoms with Crippen molar-refractivity contribution in [3.8, 4) is 40.1 Å². The van der Waals surface area contributed by atoms with Crippen molar-refractivity contribution in [2.24, 2.45) is 0 Å². The molecule has 0 N–H and O–H groups in total. The Bertz CT molecular complexity index is 2160. The second kappa shape index (κ2) is 13.1. The van der Waals surface area contributed by atoms with Gasteiger partial charge in [-0.3, -0.25) is 4.40 Å². The molecule has 6 aromatic rings. The summed E-state index contributed by atoms with van der Waals surface area (Å²) in [5.74, 6) is 2.94. The van der Waals surface area contributed by atoms with E-state index in [1.165, 1.54) is 0 Å². The summed E-state index contributed by atoms with van der Waals surface area (Å²) < 4.78 is 17.6. The van der Waals surface area contributed by atoms with E-state index in [9.17, 15) is 0 Å². The van der Waals surface area contributed by atoms with Crippen LogP contribution in [0.3, 0.4) is 0 Å². The molecule has 260 valence electrons. The fourth-order valence-corrected chi connectivity index (χ4v) is 6.55. The zero-order valence-electron chi connectivity index (χ0n) is 31.7. The van der Waals surface area contributed by atoms with E-state index in [1.807, 2.05) is 41.2 Å². The van der Waals surface area contributed by atoms with E-state index in [-0.39, 0.29) is 22.7 Å². The molecule has 0 aliphatic heterocycles. The van der Waals surface area contributed by atoms with Crippen LogP contribution in [0.2, 0.25) is 0 Å². The Labute approximate surface area is 297 Å². The topological polar surface area (TPSA) is 66.5 Å². The summed E-state index contributed by atoms with van der Waals surface area (Å²) in [6, 6.07) is 24.9. The second-order valence-corrected chi connectivity index (χ2v) is 16.0. The first-order chi connectivity index (χ1) is 23.5. The molecule has 0 spiro atoms. The van der Waals surface area contributed by atoms with Crippen molar-refractivity contribution in [1.82, 2.24) is 24.1 Å². The van der Waals surface area contributed by atoms with Crippen molar-refractivity contribution >= 4 is 5.65 Å². The Morgan fingerprint density at radius 3 is 2.02 bits per heavy atom. The summed E-state index contributed by atoms with van der Waals surface area (Å²) in [6.45, 7) is 26.2. The van der Waals surface area contributed by atoms with Crippen LogP contribution in [0.4, 0.5) is 0 Å². The highest BCUT2D eigenvalue weighted by Gasteiger charge is 2.24. The molecule has 0 unspecified atom stereocenters. The lowest BCUT2D eigenvalue weighted by atomic mass is 9.86. The number of nitrogens with zero attached hydrogens (tertiary/aromatic N) is 5. The molecule has 4 heterocycles. The maximum absolute atomic E-state index is 6.78. The molecular weight excluding hydrogens is 619 g/mol. The van der Waals surface area contributed by atoms with Crippen LogP contribution in [-0.2, 0) is 10.8 Å². The summed E-state index contributed by atoms with van der Waals surface area (Å²) in [7, 11) is 0. The number of fused-ring (bicyclic) bond motifs is 1. The zero-order valence-corrected chi connectivity index (χ0v) is 31.7. The maximum atomic E-state index is 6.78. The van der Waals surface area contributed by atoms with Crippen molar-refractivity contribution < 1.29 is 9.47 Å². The molecule has 50 heavy (non-hydrogen) atoms. The molecule has 0 aliphatic rings. The van der Waals surface area contributed by atoms with Crippen LogP contribution in [0, 0.1) is 13.8 Å². The van der Waals surface area contributed by atoms with Crippen LogP contribution in [0.15, 0.2) is 79.0 Å². The molecule has 0 amide bonds. The van der Waals surface area contributed by atoms with Gasteiger partial charge in [0.05, 0.1) is 22.8 Å². The van der Waals surface area contributed by atoms with E-state index in [1.54, 1.807) is 0 Å². The van der Waals surface area contributed by atoms with Crippen LogP contribution in [0.25, 0.3) is 22.5 Å². The number of aromatic nitrogens is 5. The first-order valence-corrected chi connectivity index (χ1v) is 17.7. The molecule has 0 aliphatic carbocycles. The summed E-state index contributed by atoms with van der Waals surface area (Å²) in [5.41, 5.74) is 10.4. The van der Waals surface area contributed by atoms with E-state index in [0.29, 0.717) is 23.3 Å². The fourth-order valence-electron chi connectivity index (χ4n) is 6.55. The van der Waals surface area contributed by atoms with Gasteiger partial charge >= 0.3 is 0 Å². The number of ether oxygens (including phenoxy) is 2. The SMILES string of the molecule is Cc1nn(-c2cc(Oc3cc(Oc4cc(C(C)(C)C)ccn4)n4c(C(C)C)c(C(C)C)nc4c3)cc(C(C)(C)C)c2)c(C)c1-c1ccccc1. The smallest absolute Gasteiger partial charge is 0.221 e. The second-order valence-electron chi connectivity index (χ2n) is 16.0. The van der Waals surface area contributed by atoms with E-state index < -0.39 is 0 Å². The molecule has 6 rings (SSSR count). The van der Waals surface area contributed by atoms with Gasteiger partial charge in [-0.25, -0.2) is 14.6 Å². The molecule has 0 saturated heterocycles. The molecule has 7 nitrogen and oxygen atoms in total. The molecule has 0 saturated carbocycles. The number of hydrogen-bond acceptors (Lipinski definition) is 5. The zero-order chi connectivity index (χ0) is 36.1. The third kappa shape index (κ3) is 6.91. The highest BCUT2D eigenvalue weighted by molar-refractivity contribution is 5.69. The molecule has 7 heteroatoms. The standard InChI is InChI=1S/C43H51N5O2/c1-26(2)40-41(27(3)4)47-36(45-40)24-35(25-38(47)50-37-22-31(18-19-44-37)42(7,8)9)49-34-21-32(43(10,11)12)20-33(23-34)48-29(6)39(28(5)46-48)30-16-14-13-15-17-30/h13-27H,1-12H3. The van der Waals surface area contributed by atoms with Gasteiger partial charge < -0.3 is 9.47 Å². The lowest BCUT2D eigenvalue weighted by Crippen LogP contribution is -2.12. The Morgan fingerprint density at radius 1 is 0.700 bits per heavy atom. The lowest BCUT2D eigenvalue weighted by Gasteiger charge is -2.22. The largest absolute Gasteiger partial charge is 0.457 e. The van der Waals surface area contributed by atoms with Crippen LogP contribution in [0.5, 0.6) is 23.3 Å². The predicted molar refractivity (Wildman–Crippen MR) is 204 cm³/mol. The van der Waals surface area contributed by atoms with Gasteiger partial charge in [0, 0.05) is 41.7 Å². The monoisotopic (exact) mass is 669 g/mol. The summed E-state index contributed by atoms with van der Waals surface area (Å²) in [4.78, 5) is 9.74. The van der Waals surface area contributed by atoms with Crippen LogP contribution < -0.4 is 9.47 Å². The Morgan fingerprint density at radius 2 is 1.38 bits per heavy atom. The van der Waals surface area contributed by atoms with Crippen LogP contribution in [-0.4, -0.2) is 24.1 Å². The number of rotatable bonds is 8.